The lowest BCUT2D eigenvalue weighted by Crippen LogP contribution is -2.41. The molecule has 8 heteroatoms. The number of pyridine rings is 1. The van der Waals surface area contributed by atoms with E-state index in [1.54, 1.807) is 42.9 Å². The number of thiazole rings is 1. The Hall–Kier alpha value is -2.48. The molecule has 0 aliphatic rings. The fourth-order valence-corrected chi connectivity index (χ4v) is 2.40. The summed E-state index contributed by atoms with van der Waals surface area (Å²) in [5.74, 6) is 0.384. The van der Waals surface area contributed by atoms with E-state index in [0.29, 0.717) is 18.2 Å². The fraction of sp³-hybridized carbons (Fsp3) is 0.286. The van der Waals surface area contributed by atoms with Gasteiger partial charge in [-0.15, -0.1) is 11.3 Å². The van der Waals surface area contributed by atoms with Gasteiger partial charge in [0.2, 0.25) is 5.91 Å². The van der Waals surface area contributed by atoms with Crippen molar-refractivity contribution in [3.63, 3.8) is 0 Å². The van der Waals surface area contributed by atoms with Gasteiger partial charge >= 0.3 is 0 Å². The van der Waals surface area contributed by atoms with Gasteiger partial charge in [0, 0.05) is 24.3 Å². The van der Waals surface area contributed by atoms with Gasteiger partial charge in [0.05, 0.1) is 25.0 Å². The topological polar surface area (TPSA) is 91.3 Å². The second-order valence-corrected chi connectivity index (χ2v) is 5.75. The van der Waals surface area contributed by atoms with Crippen molar-refractivity contribution in [1.29, 1.82) is 0 Å². The lowest BCUT2D eigenvalue weighted by molar-refractivity contribution is -0.115. The van der Waals surface area contributed by atoms with E-state index < -0.39 is 0 Å². The molecule has 0 aliphatic heterocycles. The quantitative estimate of drug-likeness (QED) is 0.568. The maximum absolute atomic E-state index is 11.8. The van der Waals surface area contributed by atoms with Gasteiger partial charge in [-0.25, -0.2) is 4.98 Å². The van der Waals surface area contributed by atoms with Crippen LogP contribution in [0.15, 0.2) is 35.7 Å². The Morgan fingerprint density at radius 1 is 1.36 bits per heavy atom. The third-order valence-electron chi connectivity index (χ3n) is 2.66. The number of aryl methyl sites for hydroxylation is 1. The number of aromatic nitrogens is 2. The Kier molecular flexibility index (Phi) is 5.84. The molecule has 3 N–H and O–H groups in total. The van der Waals surface area contributed by atoms with Gasteiger partial charge in [0.1, 0.15) is 5.01 Å². The molecule has 1 amide bonds. The van der Waals surface area contributed by atoms with Gasteiger partial charge in [-0.05, 0) is 19.1 Å². The number of nitrogens with zero attached hydrogens (tertiary/aromatic N) is 3. The van der Waals surface area contributed by atoms with Gasteiger partial charge < -0.3 is 16.0 Å². The third kappa shape index (κ3) is 5.13. The summed E-state index contributed by atoms with van der Waals surface area (Å²) in [6, 6.07) is 3.54. The first kappa shape index (κ1) is 15.9. The molecule has 22 heavy (non-hydrogen) atoms. The zero-order valence-electron chi connectivity index (χ0n) is 12.5. The smallest absolute Gasteiger partial charge is 0.243 e. The number of amides is 1. The van der Waals surface area contributed by atoms with Gasteiger partial charge in [0.25, 0.3) is 0 Å². The molecule has 116 valence electrons. The number of hydrogen-bond donors (Lipinski definition) is 3. The number of hydrogen-bond acceptors (Lipinski definition) is 5. The summed E-state index contributed by atoms with van der Waals surface area (Å²) in [5.41, 5.74) is 0.663. The Balaban J connectivity index is 1.75. The Bertz CT molecular complexity index is 640. The number of carbonyl (C=O) groups excluding carboxylic acids is 1. The van der Waals surface area contributed by atoms with Crippen molar-refractivity contribution in [2.45, 2.75) is 13.5 Å². The molecule has 0 saturated carbocycles. The van der Waals surface area contributed by atoms with Crippen LogP contribution in [0.2, 0.25) is 0 Å². The monoisotopic (exact) mass is 318 g/mol. The van der Waals surface area contributed by atoms with Gasteiger partial charge in [-0.2, -0.15) is 0 Å². The molecule has 2 aromatic rings. The molecular formula is C14H18N6OS. The second kappa shape index (κ2) is 8.08. The van der Waals surface area contributed by atoms with E-state index in [9.17, 15) is 4.79 Å². The summed E-state index contributed by atoms with van der Waals surface area (Å²) in [6.45, 7) is 2.70. The summed E-state index contributed by atoms with van der Waals surface area (Å²) in [6.07, 6.45) is 5.08. The lowest BCUT2D eigenvalue weighted by Gasteiger charge is -2.11. The summed E-state index contributed by atoms with van der Waals surface area (Å²) >= 11 is 1.62. The molecule has 7 nitrogen and oxygen atoms in total. The molecule has 0 aromatic carbocycles. The van der Waals surface area contributed by atoms with Crippen LogP contribution < -0.4 is 16.0 Å². The molecule has 0 aliphatic carbocycles. The molecule has 0 atom stereocenters. The predicted octanol–water partition coefficient (Wildman–Crippen LogP) is 1.15. The van der Waals surface area contributed by atoms with Crippen molar-refractivity contribution in [1.82, 2.24) is 20.6 Å². The van der Waals surface area contributed by atoms with Crippen LogP contribution in [0.25, 0.3) is 0 Å². The largest absolute Gasteiger partial charge is 0.350 e. The Labute approximate surface area is 132 Å². The van der Waals surface area contributed by atoms with Crippen LogP contribution in [0.3, 0.4) is 0 Å². The molecule has 2 heterocycles. The highest BCUT2D eigenvalue weighted by Gasteiger charge is 2.05. The molecule has 2 aromatic heterocycles. The fourth-order valence-electron chi connectivity index (χ4n) is 1.67. The molecule has 2 rings (SSSR count). The molecule has 0 bridgehead atoms. The molecule has 0 unspecified atom stereocenters. The minimum atomic E-state index is -0.166. The number of rotatable bonds is 5. The van der Waals surface area contributed by atoms with Crippen LogP contribution in [0.5, 0.6) is 0 Å². The zero-order valence-corrected chi connectivity index (χ0v) is 13.3. The second-order valence-electron chi connectivity index (χ2n) is 4.43. The molecule has 0 spiro atoms. The van der Waals surface area contributed by atoms with Crippen molar-refractivity contribution >= 4 is 28.9 Å². The normalized spacial score (nSPS) is 11.1. The Morgan fingerprint density at radius 2 is 2.23 bits per heavy atom. The van der Waals surface area contributed by atoms with Crippen molar-refractivity contribution in [3.05, 3.63) is 40.6 Å². The van der Waals surface area contributed by atoms with Crippen LogP contribution in [0.1, 0.15) is 9.88 Å². The summed E-state index contributed by atoms with van der Waals surface area (Å²) in [7, 11) is 1.65. The molecule has 0 fully saturated rings. The summed E-state index contributed by atoms with van der Waals surface area (Å²) < 4.78 is 0. The van der Waals surface area contributed by atoms with E-state index in [1.165, 1.54) is 0 Å². The highest BCUT2D eigenvalue weighted by Crippen LogP contribution is 2.10. The minimum Gasteiger partial charge on any atom is -0.350 e. The van der Waals surface area contributed by atoms with Gasteiger partial charge in [-0.1, -0.05) is 0 Å². The number of guanidine groups is 1. The first-order chi connectivity index (χ1) is 10.7. The highest BCUT2D eigenvalue weighted by atomic mass is 32.1. The van der Waals surface area contributed by atoms with Crippen LogP contribution in [0.4, 0.5) is 5.69 Å². The SMILES string of the molecule is CN=C(NCC(=O)Nc1cccnc1)NCc1ncc(C)s1. The summed E-state index contributed by atoms with van der Waals surface area (Å²) in [4.78, 5) is 25.2. The average molecular weight is 318 g/mol. The Morgan fingerprint density at radius 3 is 2.86 bits per heavy atom. The van der Waals surface area contributed by atoms with E-state index in [0.717, 1.165) is 9.88 Å². The van der Waals surface area contributed by atoms with E-state index >= 15 is 0 Å². The number of anilines is 1. The zero-order chi connectivity index (χ0) is 15.8. The van der Waals surface area contributed by atoms with E-state index in [1.807, 2.05) is 13.1 Å². The molecular weight excluding hydrogens is 300 g/mol. The van der Waals surface area contributed by atoms with Gasteiger partial charge in [-0.3, -0.25) is 14.8 Å². The van der Waals surface area contributed by atoms with E-state index in [2.05, 4.69) is 30.9 Å². The average Bonchev–Trinajstić information content (AvgIpc) is 2.94. The molecule has 0 radical (unpaired) electrons. The highest BCUT2D eigenvalue weighted by molar-refractivity contribution is 7.11. The first-order valence-electron chi connectivity index (χ1n) is 6.73. The van der Waals surface area contributed by atoms with Crippen LogP contribution in [-0.4, -0.2) is 35.4 Å². The number of aliphatic imine (C=N–C) groups is 1. The minimum absolute atomic E-state index is 0.117. The summed E-state index contributed by atoms with van der Waals surface area (Å²) in [5, 5.41) is 9.78. The van der Waals surface area contributed by atoms with Gasteiger partial charge in [0.15, 0.2) is 5.96 Å². The lowest BCUT2D eigenvalue weighted by atomic mass is 10.4. The predicted molar refractivity (Wildman–Crippen MR) is 87.9 cm³/mol. The molecule has 0 saturated heterocycles. The van der Waals surface area contributed by atoms with Crippen LogP contribution in [0, 0.1) is 6.92 Å². The number of nitrogens with one attached hydrogen (secondary N) is 3. The van der Waals surface area contributed by atoms with Crippen molar-refractivity contribution in [3.8, 4) is 0 Å². The number of carbonyl (C=O) groups is 1. The standard InChI is InChI=1S/C14H18N6OS/c1-10-6-17-13(22-10)9-19-14(15-2)18-8-12(21)20-11-4-3-5-16-7-11/h3-7H,8-9H2,1-2H3,(H,20,21)(H2,15,18,19). The van der Waals surface area contributed by atoms with Crippen LogP contribution >= 0.6 is 11.3 Å². The maximum atomic E-state index is 11.8. The van der Waals surface area contributed by atoms with Crippen LogP contribution in [-0.2, 0) is 11.3 Å². The van der Waals surface area contributed by atoms with E-state index in [-0.39, 0.29) is 12.5 Å². The van der Waals surface area contributed by atoms with Crippen molar-refractivity contribution in [2.24, 2.45) is 4.99 Å². The first-order valence-corrected chi connectivity index (χ1v) is 7.54. The van der Waals surface area contributed by atoms with Crippen molar-refractivity contribution in [2.75, 3.05) is 18.9 Å². The maximum Gasteiger partial charge on any atom is 0.243 e. The van der Waals surface area contributed by atoms with E-state index in [4.69, 9.17) is 0 Å². The third-order valence-corrected chi connectivity index (χ3v) is 3.57. The van der Waals surface area contributed by atoms with Crippen molar-refractivity contribution < 1.29 is 4.79 Å².